The Morgan fingerprint density at radius 3 is 0.700 bits per heavy atom. The van der Waals surface area contributed by atoms with Gasteiger partial charge >= 0.3 is 0 Å². The Morgan fingerprint density at radius 2 is 0.520 bits per heavy atom. The predicted molar refractivity (Wildman–Crippen MR) is 209 cm³/mol. The molecule has 0 N–H and O–H groups in total. The molecule has 0 aromatic heterocycles. The van der Waals surface area contributed by atoms with Crippen LogP contribution in [0.25, 0.3) is 0 Å². The van der Waals surface area contributed by atoms with Crippen molar-refractivity contribution in [2.45, 2.75) is 64.8 Å². The zero-order chi connectivity index (χ0) is 35.3. The van der Waals surface area contributed by atoms with Gasteiger partial charge in [-0.3, -0.25) is 14.4 Å². The lowest BCUT2D eigenvalue weighted by molar-refractivity contribution is 0.100. The van der Waals surface area contributed by atoms with Gasteiger partial charge in [0.25, 0.3) is 0 Å². The molecule has 7 heteroatoms. The van der Waals surface area contributed by atoms with Crippen LogP contribution in [0.1, 0.15) is 51.8 Å². The molecule has 0 saturated carbocycles. The molecule has 0 unspecified atom stereocenters. The van der Waals surface area contributed by atoms with Crippen LogP contribution in [-0.2, 0) is 0 Å². The van der Waals surface area contributed by atoms with Crippen molar-refractivity contribution in [2.75, 3.05) is 6.26 Å². The highest BCUT2D eigenvalue weighted by atomic mass is 32.3. The molecule has 0 spiro atoms. The van der Waals surface area contributed by atoms with Crippen LogP contribution in [0.2, 0.25) is 0 Å². The number of ketones is 3. The van der Waals surface area contributed by atoms with Crippen LogP contribution < -0.4 is 0 Å². The molecule has 0 aliphatic rings. The Labute approximate surface area is 308 Å². The molecule has 0 aliphatic heterocycles. The van der Waals surface area contributed by atoms with Gasteiger partial charge in [-0.25, -0.2) is 0 Å². The minimum atomic E-state index is -1.63. The zero-order valence-electron chi connectivity index (χ0n) is 28.2. The first-order valence-electron chi connectivity index (χ1n) is 16.0. The van der Waals surface area contributed by atoms with E-state index in [1.54, 1.807) is 56.1 Å². The summed E-state index contributed by atoms with van der Waals surface area (Å²) in [5.74, 6) is 0.203. The Balaban J connectivity index is 1.29. The van der Waals surface area contributed by atoms with Gasteiger partial charge in [0, 0.05) is 46.1 Å². The van der Waals surface area contributed by atoms with Crippen molar-refractivity contribution in [3.63, 3.8) is 0 Å². The van der Waals surface area contributed by atoms with Gasteiger partial charge in [-0.15, -0.1) is 0 Å². The molecule has 6 aromatic rings. The minimum absolute atomic E-state index is 0.0676. The normalized spacial score (nSPS) is 11.6. The van der Waals surface area contributed by atoms with Gasteiger partial charge in [0.05, 0.1) is 0 Å². The van der Waals surface area contributed by atoms with Crippen molar-refractivity contribution in [3.8, 4) is 0 Å². The second kappa shape index (κ2) is 15.7. The lowest BCUT2D eigenvalue weighted by atomic mass is 10.2. The summed E-state index contributed by atoms with van der Waals surface area (Å²) in [6, 6.07) is 49.9. The van der Waals surface area contributed by atoms with Crippen LogP contribution in [-0.4, -0.2) is 23.6 Å². The smallest absolute Gasteiger partial charge is 0.159 e. The number of rotatable bonds is 12. The van der Waals surface area contributed by atoms with Gasteiger partial charge in [-0.05, 0) is 151 Å². The Bertz CT molecular complexity index is 1870. The third kappa shape index (κ3) is 8.36. The van der Waals surface area contributed by atoms with E-state index in [-0.39, 0.29) is 17.3 Å². The number of carbonyl (C=O) groups excluding carboxylic acids is 3. The Kier molecular flexibility index (Phi) is 11.2. The summed E-state index contributed by atoms with van der Waals surface area (Å²) in [6.45, 7) is 4.76. The summed E-state index contributed by atoms with van der Waals surface area (Å²) in [5.41, 5.74) is 2.15. The van der Waals surface area contributed by atoms with E-state index in [1.165, 1.54) is 14.7 Å². The molecular weight excluding hydrogens is 693 g/mol. The van der Waals surface area contributed by atoms with Crippen molar-refractivity contribution >= 4 is 62.7 Å². The van der Waals surface area contributed by atoms with E-state index >= 15 is 0 Å². The van der Waals surface area contributed by atoms with Crippen molar-refractivity contribution in [2.24, 2.45) is 0 Å². The van der Waals surface area contributed by atoms with Gasteiger partial charge < -0.3 is 0 Å². The first kappa shape index (κ1) is 35.6. The van der Waals surface area contributed by atoms with Crippen molar-refractivity contribution < 1.29 is 14.4 Å². The van der Waals surface area contributed by atoms with Crippen molar-refractivity contribution in [1.82, 2.24) is 0 Å². The zero-order valence-corrected chi connectivity index (χ0v) is 31.5. The molecule has 6 aromatic carbocycles. The van der Waals surface area contributed by atoms with Crippen molar-refractivity contribution in [3.05, 3.63) is 162 Å². The highest BCUT2D eigenvalue weighted by Gasteiger charge is 2.26. The molecule has 0 amide bonds. The average molecular weight is 729 g/mol. The summed E-state index contributed by atoms with van der Waals surface area (Å²) < 4.78 is 0. The summed E-state index contributed by atoms with van der Waals surface area (Å²) in [7, 11) is -1.63. The van der Waals surface area contributed by atoms with E-state index in [2.05, 4.69) is 79.1 Å². The number of benzene rings is 6. The summed E-state index contributed by atoms with van der Waals surface area (Å²) >= 11 is 5.05. The molecule has 0 bridgehead atoms. The number of carbonyl (C=O) groups is 3. The second-order valence-electron chi connectivity index (χ2n) is 11.9. The molecule has 3 nitrogen and oxygen atoms in total. The molecule has 0 aliphatic carbocycles. The third-order valence-electron chi connectivity index (χ3n) is 8.38. The lowest BCUT2D eigenvalue weighted by Gasteiger charge is -2.38. The molecule has 250 valence electrons. The van der Waals surface area contributed by atoms with E-state index in [9.17, 15) is 14.4 Å². The summed E-state index contributed by atoms with van der Waals surface area (Å²) in [5, 5.41) is 0. The van der Waals surface area contributed by atoms with Crippen LogP contribution >= 0.6 is 45.3 Å². The SMILES string of the molecule is CC(=O)c1ccc(Sc2ccc(S(C)(c3ccc(Sc4ccc(C(C)=O)cc4)cc3)c3ccc(Sc4ccc(C(C)=O)cc4)cc3)cc2)cc1. The number of hydrogen-bond donors (Lipinski definition) is 0. The van der Waals surface area contributed by atoms with E-state index < -0.39 is 10.0 Å². The Hall–Kier alpha value is -4.27. The fourth-order valence-electron chi connectivity index (χ4n) is 5.43. The van der Waals surface area contributed by atoms with Gasteiger partial charge in [0.2, 0.25) is 0 Å². The van der Waals surface area contributed by atoms with Crippen LogP contribution in [0.3, 0.4) is 0 Å². The number of hydrogen-bond acceptors (Lipinski definition) is 6. The van der Waals surface area contributed by atoms with Gasteiger partial charge in [0.15, 0.2) is 17.3 Å². The highest BCUT2D eigenvalue weighted by Crippen LogP contribution is 2.66. The molecular formula is C43H36O3S4. The monoisotopic (exact) mass is 728 g/mol. The standard InChI is InChI=1S/C43H36O3S4/c1-29(44)32-5-11-35(12-6-32)47-38-17-23-41(24-18-38)50(4,42-25-19-39(20-26-42)48-36-13-7-33(8-14-36)30(2)45)43-27-21-40(22-28-43)49-37-15-9-34(10-16-37)31(3)46/h5-28H,1-4H3. The van der Waals surface area contributed by atoms with E-state index in [1.807, 2.05) is 72.8 Å². The predicted octanol–water partition coefficient (Wildman–Crippen LogP) is 12.7. The van der Waals surface area contributed by atoms with E-state index in [0.29, 0.717) is 0 Å². The van der Waals surface area contributed by atoms with Crippen LogP contribution in [0.15, 0.2) is 190 Å². The summed E-state index contributed by atoms with van der Waals surface area (Å²) in [6.07, 6.45) is 2.36. The molecule has 0 heterocycles. The molecule has 0 atom stereocenters. The lowest BCUT2D eigenvalue weighted by Crippen LogP contribution is -2.02. The second-order valence-corrected chi connectivity index (χ2v) is 18.6. The molecule has 6 rings (SSSR count). The largest absolute Gasteiger partial charge is 0.295 e. The first-order chi connectivity index (χ1) is 24.1. The van der Waals surface area contributed by atoms with E-state index in [4.69, 9.17) is 0 Å². The van der Waals surface area contributed by atoms with Crippen molar-refractivity contribution in [1.29, 1.82) is 0 Å². The molecule has 50 heavy (non-hydrogen) atoms. The van der Waals surface area contributed by atoms with Gasteiger partial charge in [0.1, 0.15) is 0 Å². The number of Topliss-reactive ketones (excluding diaryl/α,β-unsaturated/α-hetero) is 3. The fourth-order valence-corrected chi connectivity index (χ4v) is 10.7. The molecule has 0 fully saturated rings. The third-order valence-corrected chi connectivity index (χ3v) is 15.1. The van der Waals surface area contributed by atoms with Crippen LogP contribution in [0.4, 0.5) is 0 Å². The van der Waals surface area contributed by atoms with E-state index in [0.717, 1.165) is 46.1 Å². The fraction of sp³-hybridized carbons (Fsp3) is 0.0930. The van der Waals surface area contributed by atoms with Gasteiger partial charge in [-0.2, -0.15) is 10.0 Å². The summed E-state index contributed by atoms with van der Waals surface area (Å²) in [4.78, 5) is 45.6. The highest BCUT2D eigenvalue weighted by molar-refractivity contribution is 8.33. The first-order valence-corrected chi connectivity index (χ1v) is 20.5. The van der Waals surface area contributed by atoms with Gasteiger partial charge in [-0.1, -0.05) is 71.7 Å². The topological polar surface area (TPSA) is 51.2 Å². The maximum Gasteiger partial charge on any atom is 0.159 e. The quantitative estimate of drug-likeness (QED) is 0.117. The maximum absolute atomic E-state index is 11.7. The molecule has 0 radical (unpaired) electrons. The average Bonchev–Trinajstić information content (AvgIpc) is 3.13. The maximum atomic E-state index is 11.7. The Morgan fingerprint density at radius 1 is 0.340 bits per heavy atom. The molecule has 0 saturated heterocycles. The van der Waals surface area contributed by atoms with Crippen LogP contribution in [0.5, 0.6) is 0 Å². The minimum Gasteiger partial charge on any atom is -0.295 e. The van der Waals surface area contributed by atoms with Crippen LogP contribution in [0, 0.1) is 0 Å².